The zero-order chi connectivity index (χ0) is 11.8. The van der Waals surface area contributed by atoms with Gasteiger partial charge in [-0.15, -0.1) is 0 Å². The summed E-state index contributed by atoms with van der Waals surface area (Å²) < 4.78 is 26.5. The lowest BCUT2D eigenvalue weighted by Crippen LogP contribution is -2.03. The summed E-state index contributed by atoms with van der Waals surface area (Å²) in [7, 11) is -3.48. The lowest BCUT2D eigenvalue weighted by molar-refractivity contribution is 0.313. The fourth-order valence-electron chi connectivity index (χ4n) is 1.35. The Morgan fingerprint density at radius 2 is 2.31 bits per heavy atom. The monoisotopic (exact) mass is 260 g/mol. The molecule has 0 aliphatic heterocycles. The van der Waals surface area contributed by atoms with Crippen LogP contribution in [0.2, 0.25) is 5.02 Å². The molecule has 7 heteroatoms. The van der Waals surface area contributed by atoms with Gasteiger partial charge in [0.05, 0.1) is 17.9 Å². The van der Waals surface area contributed by atoms with Crippen molar-refractivity contribution in [1.82, 2.24) is 9.97 Å². The second-order valence-electron chi connectivity index (χ2n) is 3.29. The first kappa shape index (κ1) is 11.4. The van der Waals surface area contributed by atoms with Crippen molar-refractivity contribution in [2.75, 3.05) is 6.26 Å². The van der Waals surface area contributed by atoms with Gasteiger partial charge >= 0.3 is 0 Å². The Kier molecular flexibility index (Phi) is 2.88. The van der Waals surface area contributed by atoms with E-state index in [1.807, 2.05) is 0 Å². The molecule has 0 radical (unpaired) electrons. The van der Waals surface area contributed by atoms with Crippen LogP contribution in [0.15, 0.2) is 18.5 Å². The van der Waals surface area contributed by atoms with Crippen LogP contribution in [-0.2, 0) is 20.9 Å². The van der Waals surface area contributed by atoms with Crippen molar-refractivity contribution in [3.8, 4) is 0 Å². The number of aromatic amines is 1. The SMILES string of the molecule is CS(=O)(=O)OCc1c(Cl)cnc2[nH]ccc12. The predicted molar refractivity (Wildman–Crippen MR) is 60.7 cm³/mol. The molecule has 2 rings (SSSR count). The molecule has 2 heterocycles. The third-order valence-corrected chi connectivity index (χ3v) is 2.93. The van der Waals surface area contributed by atoms with Gasteiger partial charge in [0.25, 0.3) is 10.1 Å². The minimum atomic E-state index is -3.48. The quantitative estimate of drug-likeness (QED) is 0.853. The van der Waals surface area contributed by atoms with Gasteiger partial charge < -0.3 is 4.98 Å². The van der Waals surface area contributed by atoms with Gasteiger partial charge in [-0.1, -0.05) is 11.6 Å². The first-order valence-electron chi connectivity index (χ1n) is 4.42. The number of fused-ring (bicyclic) bond motifs is 1. The molecule has 0 saturated carbocycles. The van der Waals surface area contributed by atoms with E-state index in [2.05, 4.69) is 9.97 Å². The molecule has 0 amide bonds. The van der Waals surface area contributed by atoms with Gasteiger partial charge in [0.15, 0.2) is 0 Å². The molecule has 0 aromatic carbocycles. The van der Waals surface area contributed by atoms with E-state index in [0.717, 1.165) is 11.6 Å². The van der Waals surface area contributed by atoms with Crippen molar-refractivity contribution < 1.29 is 12.6 Å². The van der Waals surface area contributed by atoms with E-state index >= 15 is 0 Å². The molecule has 16 heavy (non-hydrogen) atoms. The topological polar surface area (TPSA) is 72.1 Å². The normalized spacial score (nSPS) is 12.1. The summed E-state index contributed by atoms with van der Waals surface area (Å²) in [6, 6.07) is 1.77. The Labute approximate surface area is 97.5 Å². The number of hydrogen-bond acceptors (Lipinski definition) is 4. The van der Waals surface area contributed by atoms with Crippen LogP contribution in [0, 0.1) is 0 Å². The molecule has 2 aromatic heterocycles. The Hall–Kier alpha value is -1.11. The van der Waals surface area contributed by atoms with Gasteiger partial charge in [-0.2, -0.15) is 8.42 Å². The molecule has 0 spiro atoms. The van der Waals surface area contributed by atoms with Crippen molar-refractivity contribution in [1.29, 1.82) is 0 Å². The first-order valence-corrected chi connectivity index (χ1v) is 6.62. The summed E-state index contributed by atoms with van der Waals surface area (Å²) in [5.41, 5.74) is 1.26. The van der Waals surface area contributed by atoms with Crippen LogP contribution < -0.4 is 0 Å². The average molecular weight is 261 g/mol. The average Bonchev–Trinajstić information content (AvgIpc) is 2.62. The molecule has 0 aliphatic carbocycles. The van der Waals surface area contributed by atoms with Crippen molar-refractivity contribution in [3.05, 3.63) is 29.0 Å². The number of nitrogens with zero attached hydrogens (tertiary/aromatic N) is 1. The molecule has 0 aliphatic rings. The number of aromatic nitrogens is 2. The molecule has 2 aromatic rings. The highest BCUT2D eigenvalue weighted by molar-refractivity contribution is 7.85. The van der Waals surface area contributed by atoms with Gasteiger partial charge in [0.2, 0.25) is 0 Å². The van der Waals surface area contributed by atoms with Gasteiger partial charge in [-0.05, 0) is 6.07 Å². The lowest BCUT2D eigenvalue weighted by Gasteiger charge is -2.05. The highest BCUT2D eigenvalue weighted by atomic mass is 35.5. The fourth-order valence-corrected chi connectivity index (χ4v) is 1.89. The molecule has 0 atom stereocenters. The van der Waals surface area contributed by atoms with Crippen molar-refractivity contribution in [3.63, 3.8) is 0 Å². The smallest absolute Gasteiger partial charge is 0.264 e. The van der Waals surface area contributed by atoms with Gasteiger partial charge in [0, 0.05) is 23.3 Å². The Balaban J connectivity index is 2.42. The van der Waals surface area contributed by atoms with Crippen molar-refractivity contribution in [2.24, 2.45) is 0 Å². The fraction of sp³-hybridized carbons (Fsp3) is 0.222. The van der Waals surface area contributed by atoms with E-state index in [4.69, 9.17) is 15.8 Å². The van der Waals surface area contributed by atoms with E-state index in [1.54, 1.807) is 12.3 Å². The third-order valence-electron chi connectivity index (χ3n) is 2.06. The summed E-state index contributed by atoms with van der Waals surface area (Å²) in [6.07, 6.45) is 4.16. The van der Waals surface area contributed by atoms with Crippen molar-refractivity contribution >= 4 is 32.8 Å². The number of nitrogens with one attached hydrogen (secondary N) is 1. The molecule has 0 saturated heterocycles. The number of pyridine rings is 1. The van der Waals surface area contributed by atoms with Crippen LogP contribution in [0.5, 0.6) is 0 Å². The maximum Gasteiger partial charge on any atom is 0.264 e. The zero-order valence-electron chi connectivity index (χ0n) is 8.40. The molecule has 5 nitrogen and oxygen atoms in total. The Morgan fingerprint density at radius 3 is 3.00 bits per heavy atom. The van der Waals surface area contributed by atoms with Gasteiger partial charge in [0.1, 0.15) is 5.65 Å². The summed E-state index contributed by atoms with van der Waals surface area (Å²) >= 11 is 5.94. The number of hydrogen-bond donors (Lipinski definition) is 1. The zero-order valence-corrected chi connectivity index (χ0v) is 9.97. The van der Waals surface area contributed by atoms with Crippen LogP contribution in [0.4, 0.5) is 0 Å². The maximum absolute atomic E-state index is 10.9. The standard InChI is InChI=1S/C9H9ClN2O3S/c1-16(13,14)15-5-7-6-2-3-11-9(6)12-4-8(7)10/h2-4H,5H2,1H3,(H,11,12). The minimum absolute atomic E-state index is 0.0888. The van der Waals surface area contributed by atoms with Crippen LogP contribution in [0.25, 0.3) is 11.0 Å². The Morgan fingerprint density at radius 1 is 1.56 bits per heavy atom. The second-order valence-corrected chi connectivity index (χ2v) is 5.34. The molecule has 0 fully saturated rings. The maximum atomic E-state index is 10.9. The van der Waals surface area contributed by atoms with Crippen LogP contribution in [0.3, 0.4) is 0 Å². The summed E-state index contributed by atoms with van der Waals surface area (Å²) in [6.45, 7) is -0.0888. The van der Waals surface area contributed by atoms with Crippen LogP contribution >= 0.6 is 11.6 Å². The van der Waals surface area contributed by atoms with Crippen LogP contribution in [-0.4, -0.2) is 24.6 Å². The predicted octanol–water partition coefficient (Wildman–Crippen LogP) is 1.69. The van der Waals surface area contributed by atoms with E-state index < -0.39 is 10.1 Å². The molecular formula is C9H9ClN2O3S. The molecule has 1 N–H and O–H groups in total. The van der Waals surface area contributed by atoms with Gasteiger partial charge in [-0.25, -0.2) is 4.98 Å². The number of H-pyrrole nitrogens is 1. The molecule has 86 valence electrons. The van der Waals surface area contributed by atoms with E-state index in [-0.39, 0.29) is 6.61 Å². The lowest BCUT2D eigenvalue weighted by atomic mass is 10.2. The van der Waals surface area contributed by atoms with Crippen LogP contribution in [0.1, 0.15) is 5.56 Å². The largest absolute Gasteiger partial charge is 0.346 e. The number of rotatable bonds is 3. The van der Waals surface area contributed by atoms with E-state index in [0.29, 0.717) is 16.2 Å². The summed E-state index contributed by atoms with van der Waals surface area (Å²) in [5.74, 6) is 0. The molecule has 0 unspecified atom stereocenters. The second kappa shape index (κ2) is 4.04. The Bertz CT molecular complexity index is 621. The first-order chi connectivity index (χ1) is 7.47. The third kappa shape index (κ3) is 2.34. The highest BCUT2D eigenvalue weighted by Crippen LogP contribution is 2.24. The highest BCUT2D eigenvalue weighted by Gasteiger charge is 2.11. The number of halogens is 1. The minimum Gasteiger partial charge on any atom is -0.346 e. The summed E-state index contributed by atoms with van der Waals surface area (Å²) in [4.78, 5) is 6.96. The van der Waals surface area contributed by atoms with E-state index in [9.17, 15) is 8.42 Å². The van der Waals surface area contributed by atoms with Crippen molar-refractivity contribution in [2.45, 2.75) is 6.61 Å². The van der Waals surface area contributed by atoms with E-state index in [1.165, 1.54) is 6.20 Å². The summed E-state index contributed by atoms with van der Waals surface area (Å²) in [5, 5.41) is 1.15. The van der Waals surface area contributed by atoms with Gasteiger partial charge in [-0.3, -0.25) is 4.18 Å². The molecule has 0 bridgehead atoms. The molecular weight excluding hydrogens is 252 g/mol.